The highest BCUT2D eigenvalue weighted by Gasteiger charge is 2.19. The number of halogens is 1. The second-order valence-electron chi connectivity index (χ2n) is 4.53. The lowest BCUT2D eigenvalue weighted by Crippen LogP contribution is -2.29. The maximum absolute atomic E-state index is 12.6. The second-order valence-corrected chi connectivity index (χ2v) is 8.31. The van der Waals surface area contributed by atoms with Crippen molar-refractivity contribution in [3.8, 4) is 9.88 Å². The Hall–Kier alpha value is -1.21. The van der Waals surface area contributed by atoms with E-state index < -0.39 is 0 Å². The second kappa shape index (κ2) is 6.91. The Bertz CT molecular complexity index is 763. The molecule has 1 amide bonds. The Morgan fingerprint density at radius 2 is 2.18 bits per heavy atom. The molecule has 114 valence electrons. The SMILES string of the molecule is CCN(Cc1ccc(Cl)s1)C(=O)c1cnc(-c2cccs2)s1. The number of carbonyl (C=O) groups is 1. The molecule has 7 heteroatoms. The van der Waals surface area contributed by atoms with Crippen LogP contribution in [-0.4, -0.2) is 22.3 Å². The highest BCUT2D eigenvalue weighted by atomic mass is 35.5. The number of thiazole rings is 1. The Morgan fingerprint density at radius 1 is 1.32 bits per heavy atom. The zero-order chi connectivity index (χ0) is 15.5. The van der Waals surface area contributed by atoms with Gasteiger partial charge in [0.15, 0.2) is 0 Å². The van der Waals surface area contributed by atoms with E-state index in [1.54, 1.807) is 17.5 Å². The van der Waals surface area contributed by atoms with Gasteiger partial charge in [-0.3, -0.25) is 4.79 Å². The van der Waals surface area contributed by atoms with Gasteiger partial charge in [-0.25, -0.2) is 4.98 Å². The molecule has 3 heterocycles. The van der Waals surface area contributed by atoms with Crippen LogP contribution in [-0.2, 0) is 6.54 Å². The summed E-state index contributed by atoms with van der Waals surface area (Å²) in [6.07, 6.45) is 1.67. The van der Waals surface area contributed by atoms with Crippen LogP contribution in [0.4, 0.5) is 0 Å². The number of amides is 1. The molecule has 0 aromatic carbocycles. The molecule has 0 saturated carbocycles. The van der Waals surface area contributed by atoms with Crippen molar-refractivity contribution in [1.29, 1.82) is 0 Å². The van der Waals surface area contributed by atoms with Gasteiger partial charge in [0.2, 0.25) is 0 Å². The summed E-state index contributed by atoms with van der Waals surface area (Å²) < 4.78 is 0.747. The van der Waals surface area contributed by atoms with Crippen molar-refractivity contribution in [3.05, 3.63) is 49.9 Å². The van der Waals surface area contributed by atoms with Crippen LogP contribution in [0, 0.1) is 0 Å². The van der Waals surface area contributed by atoms with E-state index in [2.05, 4.69) is 4.98 Å². The smallest absolute Gasteiger partial charge is 0.265 e. The van der Waals surface area contributed by atoms with Crippen molar-refractivity contribution in [3.63, 3.8) is 0 Å². The summed E-state index contributed by atoms with van der Waals surface area (Å²) in [7, 11) is 0. The summed E-state index contributed by atoms with van der Waals surface area (Å²) in [5, 5.41) is 2.91. The third-order valence-electron chi connectivity index (χ3n) is 3.09. The van der Waals surface area contributed by atoms with Crippen molar-refractivity contribution in [2.24, 2.45) is 0 Å². The summed E-state index contributed by atoms with van der Waals surface area (Å²) in [4.78, 5) is 21.7. The van der Waals surface area contributed by atoms with Crippen molar-refractivity contribution >= 4 is 51.5 Å². The Balaban J connectivity index is 1.76. The van der Waals surface area contributed by atoms with Crippen LogP contribution in [0.3, 0.4) is 0 Å². The lowest BCUT2D eigenvalue weighted by molar-refractivity contribution is 0.0759. The van der Waals surface area contributed by atoms with Crippen LogP contribution in [0.1, 0.15) is 21.5 Å². The predicted octanol–water partition coefficient (Wildman–Crippen LogP) is 5.25. The first-order chi connectivity index (χ1) is 10.7. The van der Waals surface area contributed by atoms with Gasteiger partial charge >= 0.3 is 0 Å². The van der Waals surface area contributed by atoms with Crippen LogP contribution >= 0.6 is 45.6 Å². The zero-order valence-corrected chi connectivity index (χ0v) is 15.0. The molecule has 0 spiro atoms. The monoisotopic (exact) mass is 368 g/mol. The van der Waals surface area contributed by atoms with E-state index in [1.165, 1.54) is 22.7 Å². The normalized spacial score (nSPS) is 10.8. The molecule has 0 N–H and O–H groups in total. The molecular weight excluding hydrogens is 356 g/mol. The van der Waals surface area contributed by atoms with Crippen LogP contribution in [0.5, 0.6) is 0 Å². The largest absolute Gasteiger partial charge is 0.333 e. The predicted molar refractivity (Wildman–Crippen MR) is 95.2 cm³/mol. The fourth-order valence-corrected chi connectivity index (χ4v) is 4.79. The lowest BCUT2D eigenvalue weighted by Gasteiger charge is -2.18. The molecule has 0 atom stereocenters. The minimum absolute atomic E-state index is 0.0207. The summed E-state index contributed by atoms with van der Waals surface area (Å²) in [6, 6.07) is 7.83. The maximum Gasteiger partial charge on any atom is 0.265 e. The van der Waals surface area contributed by atoms with Gasteiger partial charge in [-0.2, -0.15) is 0 Å². The van der Waals surface area contributed by atoms with E-state index in [0.717, 1.165) is 19.1 Å². The average Bonchev–Trinajstić information content (AvgIpc) is 3.24. The quantitative estimate of drug-likeness (QED) is 0.616. The fraction of sp³-hybridized carbons (Fsp3) is 0.200. The van der Waals surface area contributed by atoms with Crippen LogP contribution in [0.25, 0.3) is 9.88 Å². The molecule has 3 nitrogen and oxygen atoms in total. The lowest BCUT2D eigenvalue weighted by atomic mass is 10.3. The van der Waals surface area contributed by atoms with E-state index in [1.807, 2.05) is 41.5 Å². The number of hydrogen-bond donors (Lipinski definition) is 0. The summed E-state index contributed by atoms with van der Waals surface area (Å²) in [5.74, 6) is 0.0207. The molecule has 0 radical (unpaired) electrons. The third kappa shape index (κ3) is 3.41. The Kier molecular flexibility index (Phi) is 4.93. The molecule has 3 aromatic heterocycles. The zero-order valence-electron chi connectivity index (χ0n) is 11.8. The Morgan fingerprint density at radius 3 is 2.82 bits per heavy atom. The van der Waals surface area contributed by atoms with E-state index >= 15 is 0 Å². The van der Waals surface area contributed by atoms with E-state index in [0.29, 0.717) is 18.0 Å². The molecule has 0 aliphatic rings. The number of hydrogen-bond acceptors (Lipinski definition) is 5. The first-order valence-electron chi connectivity index (χ1n) is 6.70. The van der Waals surface area contributed by atoms with Crippen molar-refractivity contribution in [2.75, 3.05) is 6.54 Å². The first-order valence-corrected chi connectivity index (χ1v) is 9.59. The van der Waals surface area contributed by atoms with Gasteiger partial charge in [-0.05, 0) is 30.5 Å². The van der Waals surface area contributed by atoms with Gasteiger partial charge in [0.1, 0.15) is 9.88 Å². The van der Waals surface area contributed by atoms with Gasteiger partial charge in [0.05, 0.1) is 22.0 Å². The Labute approximate surface area is 145 Å². The van der Waals surface area contributed by atoms with Gasteiger partial charge < -0.3 is 4.90 Å². The average molecular weight is 369 g/mol. The first kappa shape index (κ1) is 15.7. The standard InChI is InChI=1S/C15H13ClN2OS3/c1-2-18(9-10-5-6-13(16)21-10)15(19)12-8-17-14(22-12)11-4-3-7-20-11/h3-8H,2,9H2,1H3. The minimum atomic E-state index is 0.0207. The van der Waals surface area contributed by atoms with Crippen molar-refractivity contribution < 1.29 is 4.79 Å². The van der Waals surface area contributed by atoms with Crippen LogP contribution < -0.4 is 0 Å². The van der Waals surface area contributed by atoms with Gasteiger partial charge in [0.25, 0.3) is 5.91 Å². The fourth-order valence-electron chi connectivity index (χ4n) is 2.00. The maximum atomic E-state index is 12.6. The van der Waals surface area contributed by atoms with Crippen LogP contribution in [0.2, 0.25) is 4.34 Å². The molecule has 3 rings (SSSR count). The molecule has 22 heavy (non-hydrogen) atoms. The number of aromatic nitrogens is 1. The van der Waals surface area contributed by atoms with Crippen LogP contribution in [0.15, 0.2) is 35.8 Å². The summed E-state index contributed by atoms with van der Waals surface area (Å²) >= 11 is 10.5. The third-order valence-corrected chi connectivity index (χ3v) is 6.33. The molecule has 0 saturated heterocycles. The molecular formula is C15H13ClN2OS3. The van der Waals surface area contributed by atoms with E-state index in [-0.39, 0.29) is 5.91 Å². The molecule has 0 fully saturated rings. The summed E-state index contributed by atoms with van der Waals surface area (Å²) in [5.41, 5.74) is 0. The van der Waals surface area contributed by atoms with E-state index in [4.69, 9.17) is 11.6 Å². The molecule has 0 bridgehead atoms. The summed E-state index contributed by atoms with van der Waals surface area (Å²) in [6.45, 7) is 3.22. The molecule has 0 aliphatic carbocycles. The molecule has 0 unspecified atom stereocenters. The van der Waals surface area contributed by atoms with Gasteiger partial charge in [-0.1, -0.05) is 17.7 Å². The van der Waals surface area contributed by atoms with Crippen molar-refractivity contribution in [2.45, 2.75) is 13.5 Å². The van der Waals surface area contributed by atoms with Gasteiger partial charge in [-0.15, -0.1) is 34.0 Å². The van der Waals surface area contributed by atoms with E-state index in [9.17, 15) is 4.79 Å². The van der Waals surface area contributed by atoms with Crippen molar-refractivity contribution in [1.82, 2.24) is 9.88 Å². The topological polar surface area (TPSA) is 33.2 Å². The minimum Gasteiger partial charge on any atom is -0.333 e. The number of rotatable bonds is 5. The highest BCUT2D eigenvalue weighted by Crippen LogP contribution is 2.30. The highest BCUT2D eigenvalue weighted by molar-refractivity contribution is 7.22. The number of thiophene rings is 2. The van der Waals surface area contributed by atoms with Gasteiger partial charge in [0, 0.05) is 11.4 Å². The number of nitrogens with zero attached hydrogens (tertiary/aromatic N) is 2. The molecule has 0 aliphatic heterocycles. The number of carbonyl (C=O) groups excluding carboxylic acids is 1. The molecule has 3 aromatic rings.